The SMILES string of the molecule is CCC(=O)SCc1ccc(C(=O)N(c2ccccc2)N2CCCCC2)cc1-c1cc(C(=O)NCc2ccc(N3CCOCC3)cc2)ccn1. The highest BCUT2D eigenvalue weighted by Gasteiger charge is 2.27. The molecule has 0 atom stereocenters. The number of pyridine rings is 1. The molecule has 3 heterocycles. The van der Waals surface area contributed by atoms with E-state index in [0.717, 1.165) is 86.7 Å². The fraction of sp³-hybridized carbons (Fsp3) is 0.333. The molecule has 2 fully saturated rings. The van der Waals surface area contributed by atoms with Crippen molar-refractivity contribution in [1.82, 2.24) is 15.3 Å². The second kappa shape index (κ2) is 16.7. The smallest absolute Gasteiger partial charge is 0.272 e. The number of hydrogen-bond acceptors (Lipinski definition) is 8. The summed E-state index contributed by atoms with van der Waals surface area (Å²) in [7, 11) is 0. The average Bonchev–Trinajstić information content (AvgIpc) is 3.17. The Balaban J connectivity index is 1.24. The Morgan fingerprint density at radius 2 is 1.61 bits per heavy atom. The fourth-order valence-corrected chi connectivity index (χ4v) is 6.93. The number of nitrogens with one attached hydrogen (secondary N) is 1. The molecule has 0 spiro atoms. The molecule has 2 aliphatic heterocycles. The van der Waals surface area contributed by atoms with E-state index in [1.807, 2.05) is 67.6 Å². The zero-order chi connectivity index (χ0) is 34.0. The number of hydrogen-bond donors (Lipinski definition) is 1. The van der Waals surface area contributed by atoms with Crippen LogP contribution >= 0.6 is 11.8 Å². The van der Waals surface area contributed by atoms with Crippen molar-refractivity contribution in [2.24, 2.45) is 0 Å². The number of morpholine rings is 1. The summed E-state index contributed by atoms with van der Waals surface area (Å²) < 4.78 is 5.46. The first kappa shape index (κ1) is 34.4. The van der Waals surface area contributed by atoms with E-state index in [1.54, 1.807) is 23.3 Å². The molecule has 9 nitrogen and oxygen atoms in total. The third-order valence-electron chi connectivity index (χ3n) is 8.91. The second-order valence-corrected chi connectivity index (χ2v) is 13.3. The molecule has 0 saturated carbocycles. The number of rotatable bonds is 11. The largest absolute Gasteiger partial charge is 0.378 e. The number of aromatic nitrogens is 1. The molecule has 3 aromatic carbocycles. The number of thioether (sulfide) groups is 1. The van der Waals surface area contributed by atoms with Crippen LogP contribution in [0.2, 0.25) is 0 Å². The van der Waals surface area contributed by atoms with Crippen molar-refractivity contribution in [3.05, 3.63) is 113 Å². The van der Waals surface area contributed by atoms with Gasteiger partial charge in [-0.25, -0.2) is 10.0 Å². The molecule has 49 heavy (non-hydrogen) atoms. The minimum Gasteiger partial charge on any atom is -0.378 e. The van der Waals surface area contributed by atoms with Gasteiger partial charge in [-0.15, -0.1) is 0 Å². The maximum atomic E-state index is 14.3. The number of amides is 2. The van der Waals surface area contributed by atoms with Gasteiger partial charge in [0.25, 0.3) is 11.8 Å². The molecular weight excluding hydrogens is 635 g/mol. The van der Waals surface area contributed by atoms with Gasteiger partial charge in [-0.3, -0.25) is 19.4 Å². The predicted molar refractivity (Wildman–Crippen MR) is 196 cm³/mol. The summed E-state index contributed by atoms with van der Waals surface area (Å²) in [4.78, 5) is 46.9. The van der Waals surface area contributed by atoms with E-state index >= 15 is 0 Å². The molecule has 2 amide bonds. The number of carbonyl (C=O) groups excluding carboxylic acids is 3. The van der Waals surface area contributed by atoms with E-state index in [4.69, 9.17) is 4.74 Å². The lowest BCUT2D eigenvalue weighted by Gasteiger charge is -2.37. The van der Waals surface area contributed by atoms with Crippen molar-refractivity contribution in [3.8, 4) is 11.3 Å². The summed E-state index contributed by atoms with van der Waals surface area (Å²) in [6.45, 7) is 7.04. The molecular formula is C39H43N5O4S. The molecule has 10 heteroatoms. The van der Waals surface area contributed by atoms with Crippen LogP contribution in [-0.4, -0.2) is 66.3 Å². The van der Waals surface area contributed by atoms with Gasteiger partial charge in [-0.05, 0) is 72.5 Å². The molecule has 4 aromatic rings. The number of carbonyl (C=O) groups is 3. The number of hydrazine groups is 1. The van der Waals surface area contributed by atoms with Gasteiger partial charge < -0.3 is 15.0 Å². The lowest BCUT2D eigenvalue weighted by atomic mass is 10.00. The quantitative estimate of drug-likeness (QED) is 0.187. The van der Waals surface area contributed by atoms with Gasteiger partial charge in [0.05, 0.1) is 24.6 Å². The molecule has 2 saturated heterocycles. The molecule has 0 bridgehead atoms. The van der Waals surface area contributed by atoms with E-state index in [9.17, 15) is 14.4 Å². The Morgan fingerprint density at radius 3 is 2.35 bits per heavy atom. The number of benzene rings is 3. The maximum absolute atomic E-state index is 14.3. The van der Waals surface area contributed by atoms with E-state index < -0.39 is 0 Å². The van der Waals surface area contributed by atoms with Gasteiger partial charge in [0.15, 0.2) is 5.12 Å². The molecule has 1 aromatic heterocycles. The van der Waals surface area contributed by atoms with Crippen LogP contribution in [0.5, 0.6) is 0 Å². The van der Waals surface area contributed by atoms with Crippen LogP contribution < -0.4 is 15.2 Å². The maximum Gasteiger partial charge on any atom is 0.272 e. The minimum atomic E-state index is -0.217. The topological polar surface area (TPSA) is 95.1 Å². The monoisotopic (exact) mass is 677 g/mol. The summed E-state index contributed by atoms with van der Waals surface area (Å²) in [5.41, 5.74) is 6.11. The minimum absolute atomic E-state index is 0.0884. The van der Waals surface area contributed by atoms with E-state index in [0.29, 0.717) is 35.5 Å². The zero-order valence-corrected chi connectivity index (χ0v) is 28.8. The third-order valence-corrected chi connectivity index (χ3v) is 9.97. The van der Waals surface area contributed by atoms with Gasteiger partial charge in [0.1, 0.15) is 0 Å². The lowest BCUT2D eigenvalue weighted by molar-refractivity contribution is -0.110. The van der Waals surface area contributed by atoms with Crippen molar-refractivity contribution in [1.29, 1.82) is 0 Å². The van der Waals surface area contributed by atoms with Crippen LogP contribution in [0.15, 0.2) is 91.1 Å². The molecule has 6 rings (SSSR count). The van der Waals surface area contributed by atoms with Crippen LogP contribution in [0.1, 0.15) is 64.4 Å². The van der Waals surface area contributed by atoms with Gasteiger partial charge in [0, 0.05) is 73.5 Å². The van der Waals surface area contributed by atoms with Crippen LogP contribution in [0, 0.1) is 0 Å². The molecule has 1 N–H and O–H groups in total. The van der Waals surface area contributed by atoms with E-state index in [1.165, 1.54) is 11.8 Å². The number of ether oxygens (including phenoxy) is 1. The van der Waals surface area contributed by atoms with Crippen LogP contribution in [0.3, 0.4) is 0 Å². The number of anilines is 2. The third kappa shape index (κ3) is 8.75. The Hall–Kier alpha value is -4.51. The highest BCUT2D eigenvalue weighted by Crippen LogP contribution is 2.30. The van der Waals surface area contributed by atoms with Gasteiger partial charge in [-0.1, -0.05) is 61.5 Å². The first-order chi connectivity index (χ1) is 24.0. The normalized spacial score (nSPS) is 15.1. The van der Waals surface area contributed by atoms with Crippen molar-refractivity contribution in [2.45, 2.75) is 44.9 Å². The van der Waals surface area contributed by atoms with Gasteiger partial charge in [-0.2, -0.15) is 0 Å². The van der Waals surface area contributed by atoms with Crippen molar-refractivity contribution in [3.63, 3.8) is 0 Å². The van der Waals surface area contributed by atoms with E-state index in [2.05, 4.69) is 32.3 Å². The number of piperidine rings is 1. The molecule has 0 unspecified atom stereocenters. The molecule has 254 valence electrons. The Kier molecular flexibility index (Phi) is 11.7. The summed E-state index contributed by atoms with van der Waals surface area (Å²) in [6, 6.07) is 27.0. The van der Waals surface area contributed by atoms with Crippen molar-refractivity contribution >= 4 is 40.1 Å². The summed E-state index contributed by atoms with van der Waals surface area (Å²) in [6.07, 6.45) is 5.26. The lowest BCUT2D eigenvalue weighted by Crippen LogP contribution is -2.49. The molecule has 2 aliphatic rings. The Morgan fingerprint density at radius 1 is 0.857 bits per heavy atom. The summed E-state index contributed by atoms with van der Waals surface area (Å²) >= 11 is 1.25. The summed E-state index contributed by atoms with van der Waals surface area (Å²) in [5.74, 6) is 0.0844. The predicted octanol–water partition coefficient (Wildman–Crippen LogP) is 6.73. The van der Waals surface area contributed by atoms with Gasteiger partial charge >= 0.3 is 0 Å². The second-order valence-electron chi connectivity index (χ2n) is 12.2. The van der Waals surface area contributed by atoms with Crippen LogP contribution in [0.4, 0.5) is 11.4 Å². The highest BCUT2D eigenvalue weighted by molar-refractivity contribution is 8.12. The Labute approximate surface area is 292 Å². The first-order valence-electron chi connectivity index (χ1n) is 17.1. The highest BCUT2D eigenvalue weighted by atomic mass is 32.2. The van der Waals surface area contributed by atoms with Crippen molar-refractivity contribution in [2.75, 3.05) is 49.3 Å². The van der Waals surface area contributed by atoms with Gasteiger partial charge in [0.2, 0.25) is 0 Å². The Bertz CT molecular complexity index is 1740. The van der Waals surface area contributed by atoms with Crippen molar-refractivity contribution < 1.29 is 19.1 Å². The molecule has 0 aliphatic carbocycles. The zero-order valence-electron chi connectivity index (χ0n) is 28.0. The molecule has 0 radical (unpaired) electrons. The fourth-order valence-electron chi connectivity index (χ4n) is 6.16. The van der Waals surface area contributed by atoms with E-state index in [-0.39, 0.29) is 16.9 Å². The average molecular weight is 678 g/mol. The van der Waals surface area contributed by atoms with Crippen LogP contribution in [-0.2, 0) is 21.8 Å². The number of para-hydroxylation sites is 1. The standard InChI is InChI=1S/C39H43N5O4S/c1-2-37(45)49-28-32-14-13-31(39(47)44(34-9-5-3-6-10-34)43-19-7-4-8-20-43)25-35(32)36-26-30(17-18-40-36)38(46)41-27-29-11-15-33(16-12-29)42-21-23-48-24-22-42/h3,5-6,9-18,25-26H,2,4,7-8,19-24,27-28H2,1H3,(H,41,46). The summed E-state index contributed by atoms with van der Waals surface area (Å²) in [5, 5.41) is 7.05. The number of nitrogens with zero attached hydrogens (tertiary/aromatic N) is 4. The first-order valence-corrected chi connectivity index (χ1v) is 18.1. The van der Waals surface area contributed by atoms with Crippen LogP contribution in [0.25, 0.3) is 11.3 Å².